The van der Waals surface area contributed by atoms with Crippen LogP contribution in [-0.4, -0.2) is 5.91 Å². The van der Waals surface area contributed by atoms with Crippen molar-refractivity contribution < 1.29 is 4.79 Å². The zero-order valence-corrected chi connectivity index (χ0v) is 11.9. The van der Waals surface area contributed by atoms with Crippen molar-refractivity contribution in [3.8, 4) is 0 Å². The minimum absolute atomic E-state index is 0.139. The number of aryl methyl sites for hydroxylation is 2. The second-order valence-corrected chi connectivity index (χ2v) is 4.97. The Morgan fingerprint density at radius 1 is 1.15 bits per heavy atom. The second-order valence-electron chi connectivity index (χ2n) is 4.97. The van der Waals surface area contributed by atoms with Crippen LogP contribution in [0.1, 0.15) is 34.8 Å². The number of carbonyl (C=O) groups excluding carboxylic acids is 1. The molecule has 0 aliphatic carbocycles. The summed E-state index contributed by atoms with van der Waals surface area (Å²) in [5, 5.41) is 2.88. The number of hydrogen-bond acceptors (Lipinski definition) is 2. The Bertz CT molecular complexity index is 603. The molecule has 0 bridgehead atoms. The van der Waals surface area contributed by atoms with Crippen molar-refractivity contribution in [1.82, 2.24) is 0 Å². The maximum atomic E-state index is 12.1. The van der Waals surface area contributed by atoms with E-state index in [0.29, 0.717) is 11.3 Å². The molecule has 104 valence electrons. The van der Waals surface area contributed by atoms with Crippen molar-refractivity contribution in [3.63, 3.8) is 0 Å². The number of nitrogen functional groups attached to an aromatic ring is 1. The number of anilines is 2. The zero-order valence-electron chi connectivity index (χ0n) is 11.9. The van der Waals surface area contributed by atoms with Gasteiger partial charge in [-0.2, -0.15) is 0 Å². The molecule has 0 atom stereocenters. The molecular weight excluding hydrogens is 248 g/mol. The van der Waals surface area contributed by atoms with Gasteiger partial charge in [-0.05, 0) is 48.7 Å². The molecule has 2 aromatic carbocycles. The van der Waals surface area contributed by atoms with Gasteiger partial charge in [0.1, 0.15) is 0 Å². The maximum absolute atomic E-state index is 12.1. The summed E-state index contributed by atoms with van der Waals surface area (Å²) in [6, 6.07) is 13.3. The number of benzene rings is 2. The third kappa shape index (κ3) is 3.38. The number of carbonyl (C=O) groups is 1. The molecule has 2 rings (SSSR count). The topological polar surface area (TPSA) is 55.1 Å². The van der Waals surface area contributed by atoms with Crippen LogP contribution in [-0.2, 0) is 6.42 Å². The van der Waals surface area contributed by atoms with Crippen molar-refractivity contribution in [2.45, 2.75) is 26.7 Å². The Morgan fingerprint density at radius 3 is 2.45 bits per heavy atom. The highest BCUT2D eigenvalue weighted by Gasteiger charge is 2.07. The van der Waals surface area contributed by atoms with Crippen LogP contribution in [0.25, 0.3) is 0 Å². The molecule has 0 aliphatic rings. The summed E-state index contributed by atoms with van der Waals surface area (Å²) >= 11 is 0. The smallest absolute Gasteiger partial charge is 0.255 e. The third-order valence-electron chi connectivity index (χ3n) is 3.29. The van der Waals surface area contributed by atoms with Crippen molar-refractivity contribution >= 4 is 17.3 Å². The second kappa shape index (κ2) is 6.24. The summed E-state index contributed by atoms with van der Waals surface area (Å²) in [5.41, 5.74) is 10.1. The Morgan fingerprint density at radius 2 is 1.85 bits per heavy atom. The van der Waals surface area contributed by atoms with Crippen LogP contribution in [0.4, 0.5) is 11.4 Å². The molecule has 0 heterocycles. The Balaban J connectivity index is 2.08. The first-order valence-electron chi connectivity index (χ1n) is 6.86. The lowest BCUT2D eigenvalue weighted by Crippen LogP contribution is -2.12. The highest BCUT2D eigenvalue weighted by molar-refractivity contribution is 6.04. The van der Waals surface area contributed by atoms with E-state index in [4.69, 9.17) is 5.73 Å². The first-order valence-corrected chi connectivity index (χ1v) is 6.86. The molecule has 3 nitrogen and oxygen atoms in total. The molecule has 0 saturated carbocycles. The molecule has 0 fully saturated rings. The van der Waals surface area contributed by atoms with Crippen molar-refractivity contribution in [3.05, 3.63) is 59.2 Å². The van der Waals surface area contributed by atoms with Crippen molar-refractivity contribution in [2.24, 2.45) is 0 Å². The van der Waals surface area contributed by atoms with Crippen LogP contribution in [0.15, 0.2) is 42.5 Å². The molecular formula is C17H20N2O. The fourth-order valence-electron chi connectivity index (χ4n) is 2.03. The Labute approximate surface area is 119 Å². The van der Waals surface area contributed by atoms with Crippen molar-refractivity contribution in [2.75, 3.05) is 11.1 Å². The van der Waals surface area contributed by atoms with Crippen molar-refractivity contribution in [1.29, 1.82) is 0 Å². The highest BCUT2D eigenvalue weighted by atomic mass is 16.1. The Hall–Kier alpha value is -2.29. The average molecular weight is 268 g/mol. The number of amides is 1. The lowest BCUT2D eigenvalue weighted by molar-refractivity contribution is 0.102. The highest BCUT2D eigenvalue weighted by Crippen LogP contribution is 2.16. The van der Waals surface area contributed by atoms with Crippen LogP contribution in [0.3, 0.4) is 0 Å². The largest absolute Gasteiger partial charge is 0.398 e. The van der Waals surface area contributed by atoms with E-state index in [1.165, 1.54) is 5.56 Å². The molecule has 0 aromatic heterocycles. The first kappa shape index (κ1) is 14.1. The quantitative estimate of drug-likeness (QED) is 0.829. The van der Waals surface area contributed by atoms with Crippen LogP contribution >= 0.6 is 0 Å². The zero-order chi connectivity index (χ0) is 14.5. The van der Waals surface area contributed by atoms with E-state index in [1.807, 2.05) is 37.3 Å². The number of nitrogens with two attached hydrogens (primary N) is 1. The predicted molar refractivity (Wildman–Crippen MR) is 84.0 cm³/mol. The van der Waals surface area contributed by atoms with Crippen LogP contribution in [0, 0.1) is 6.92 Å². The summed E-state index contributed by atoms with van der Waals surface area (Å²) in [4.78, 5) is 12.1. The lowest BCUT2D eigenvalue weighted by Gasteiger charge is -2.08. The summed E-state index contributed by atoms with van der Waals surface area (Å²) in [7, 11) is 0. The van der Waals surface area contributed by atoms with Crippen LogP contribution in [0.2, 0.25) is 0 Å². The fraction of sp³-hybridized carbons (Fsp3) is 0.235. The van der Waals surface area contributed by atoms with Gasteiger partial charge in [-0.1, -0.05) is 31.5 Å². The van der Waals surface area contributed by atoms with Crippen LogP contribution < -0.4 is 11.1 Å². The van der Waals surface area contributed by atoms with E-state index >= 15 is 0 Å². The Kier molecular flexibility index (Phi) is 4.41. The van der Waals surface area contributed by atoms with E-state index in [1.54, 1.807) is 12.1 Å². The van der Waals surface area contributed by atoms with Gasteiger partial charge in [0.2, 0.25) is 0 Å². The minimum atomic E-state index is -0.139. The predicted octanol–water partition coefficient (Wildman–Crippen LogP) is 3.78. The van der Waals surface area contributed by atoms with Gasteiger partial charge in [0, 0.05) is 16.9 Å². The molecule has 0 aliphatic heterocycles. The SMILES string of the molecule is CCCc1ccc(NC(=O)c2ccc(C)c(N)c2)cc1. The standard InChI is InChI=1S/C17H20N2O/c1-3-4-13-6-9-15(10-7-13)19-17(20)14-8-5-12(2)16(18)11-14/h5-11H,3-4,18H2,1-2H3,(H,19,20). The molecule has 0 saturated heterocycles. The molecule has 20 heavy (non-hydrogen) atoms. The third-order valence-corrected chi connectivity index (χ3v) is 3.29. The van der Waals surface area contributed by atoms with E-state index in [9.17, 15) is 4.79 Å². The molecule has 0 unspecified atom stereocenters. The van der Waals surface area contributed by atoms with E-state index in [0.717, 1.165) is 24.1 Å². The lowest BCUT2D eigenvalue weighted by atomic mass is 10.1. The van der Waals surface area contributed by atoms with E-state index < -0.39 is 0 Å². The summed E-state index contributed by atoms with van der Waals surface area (Å²) < 4.78 is 0. The summed E-state index contributed by atoms with van der Waals surface area (Å²) in [5.74, 6) is -0.139. The number of hydrogen-bond donors (Lipinski definition) is 2. The normalized spacial score (nSPS) is 10.3. The van der Waals surface area contributed by atoms with Gasteiger partial charge in [0.05, 0.1) is 0 Å². The molecule has 1 amide bonds. The summed E-state index contributed by atoms with van der Waals surface area (Å²) in [6.07, 6.45) is 2.18. The van der Waals surface area contributed by atoms with Crippen LogP contribution in [0.5, 0.6) is 0 Å². The summed E-state index contributed by atoms with van der Waals surface area (Å²) in [6.45, 7) is 4.07. The fourth-order valence-corrected chi connectivity index (χ4v) is 2.03. The molecule has 3 N–H and O–H groups in total. The van der Waals surface area contributed by atoms with Gasteiger partial charge in [-0.25, -0.2) is 0 Å². The van der Waals surface area contributed by atoms with Gasteiger partial charge in [0.25, 0.3) is 5.91 Å². The van der Waals surface area contributed by atoms with Gasteiger partial charge in [-0.15, -0.1) is 0 Å². The minimum Gasteiger partial charge on any atom is -0.398 e. The molecule has 3 heteroatoms. The van der Waals surface area contributed by atoms with Gasteiger partial charge in [-0.3, -0.25) is 4.79 Å². The van der Waals surface area contributed by atoms with E-state index in [2.05, 4.69) is 12.2 Å². The van der Waals surface area contributed by atoms with Gasteiger partial charge < -0.3 is 11.1 Å². The number of rotatable bonds is 4. The maximum Gasteiger partial charge on any atom is 0.255 e. The van der Waals surface area contributed by atoms with E-state index in [-0.39, 0.29) is 5.91 Å². The average Bonchev–Trinajstić information content (AvgIpc) is 2.44. The molecule has 2 aromatic rings. The van der Waals surface area contributed by atoms with Gasteiger partial charge in [0.15, 0.2) is 0 Å². The van der Waals surface area contributed by atoms with Gasteiger partial charge >= 0.3 is 0 Å². The monoisotopic (exact) mass is 268 g/mol. The number of nitrogens with one attached hydrogen (secondary N) is 1. The molecule has 0 radical (unpaired) electrons. The molecule has 0 spiro atoms. The first-order chi connectivity index (χ1) is 9.60.